The van der Waals surface area contributed by atoms with Gasteiger partial charge in [-0.2, -0.15) is 0 Å². The highest BCUT2D eigenvalue weighted by molar-refractivity contribution is 7.98. The number of aromatic nitrogens is 2. The Kier molecular flexibility index (Phi) is 5.36. The van der Waals surface area contributed by atoms with Crippen LogP contribution in [0.2, 0.25) is 0 Å². The van der Waals surface area contributed by atoms with Crippen molar-refractivity contribution < 1.29 is 19.1 Å². The minimum Gasteiger partial charge on any atom is -0.487 e. The lowest BCUT2D eigenvalue weighted by molar-refractivity contribution is 0.0525. The highest BCUT2D eigenvalue weighted by Crippen LogP contribution is 2.35. The molecule has 1 aromatic heterocycles. The molecule has 1 N–H and O–H groups in total. The smallest absolute Gasteiger partial charge is 0.343 e. The molecule has 1 aliphatic heterocycles. The lowest BCUT2D eigenvalue weighted by Gasteiger charge is -2.31. The van der Waals surface area contributed by atoms with E-state index in [0.29, 0.717) is 34.4 Å². The predicted molar refractivity (Wildman–Crippen MR) is 103 cm³/mol. The van der Waals surface area contributed by atoms with Gasteiger partial charge in [0.25, 0.3) is 0 Å². The van der Waals surface area contributed by atoms with Crippen LogP contribution in [0.3, 0.4) is 0 Å². The van der Waals surface area contributed by atoms with Crippen molar-refractivity contribution in [3.8, 4) is 5.75 Å². The maximum absolute atomic E-state index is 12.5. The quantitative estimate of drug-likeness (QED) is 0.470. The van der Waals surface area contributed by atoms with Crippen LogP contribution in [0.5, 0.6) is 5.75 Å². The van der Waals surface area contributed by atoms with E-state index in [4.69, 9.17) is 9.47 Å². The molecular weight excluding hydrogens is 366 g/mol. The molecule has 1 aromatic carbocycles. The lowest BCUT2D eigenvalue weighted by atomic mass is 9.93. The first kappa shape index (κ1) is 19.2. The highest BCUT2D eigenvalue weighted by atomic mass is 32.2. The molecule has 0 bridgehead atoms. The summed E-state index contributed by atoms with van der Waals surface area (Å²) in [6, 6.07) is 5.24. The standard InChI is InChI=1S/C19H21N3O4S/c1-5-25-17(24)13-10-20-18(27-4)22-16(13)21-11-6-7-15-12(8-11)14(23)9-19(2,3)26-15/h6-8,10H,5,9H2,1-4H3,(H,20,21,22). The molecule has 1 aliphatic rings. The number of benzene rings is 1. The second-order valence-corrected chi connectivity index (χ2v) is 7.41. The summed E-state index contributed by atoms with van der Waals surface area (Å²) in [4.78, 5) is 33.1. The summed E-state index contributed by atoms with van der Waals surface area (Å²) in [6.45, 7) is 5.76. The predicted octanol–water partition coefficient (Wildman–Crippen LogP) is 3.86. The molecule has 0 amide bonds. The van der Waals surface area contributed by atoms with E-state index < -0.39 is 11.6 Å². The number of fused-ring (bicyclic) bond motifs is 1. The Bertz CT molecular complexity index is 899. The van der Waals surface area contributed by atoms with Crippen molar-refractivity contribution >= 4 is 35.0 Å². The fourth-order valence-corrected chi connectivity index (χ4v) is 3.13. The van der Waals surface area contributed by atoms with Crippen LogP contribution in [-0.2, 0) is 4.74 Å². The number of rotatable bonds is 5. The zero-order chi connectivity index (χ0) is 19.6. The number of Topliss-reactive ketones (excluding diaryl/α,β-unsaturated/α-hetero) is 1. The van der Waals surface area contributed by atoms with Crippen LogP contribution in [0.4, 0.5) is 11.5 Å². The van der Waals surface area contributed by atoms with Gasteiger partial charge < -0.3 is 14.8 Å². The molecule has 2 heterocycles. The van der Waals surface area contributed by atoms with Crippen LogP contribution in [0, 0.1) is 0 Å². The zero-order valence-electron chi connectivity index (χ0n) is 15.7. The molecule has 0 saturated heterocycles. The van der Waals surface area contributed by atoms with Gasteiger partial charge in [-0.3, -0.25) is 4.79 Å². The van der Waals surface area contributed by atoms with Crippen LogP contribution in [0.1, 0.15) is 47.9 Å². The molecule has 0 spiro atoms. The first-order chi connectivity index (χ1) is 12.8. The van der Waals surface area contributed by atoms with E-state index >= 15 is 0 Å². The van der Waals surface area contributed by atoms with Crippen LogP contribution < -0.4 is 10.1 Å². The fourth-order valence-electron chi connectivity index (χ4n) is 2.78. The molecule has 0 atom stereocenters. The van der Waals surface area contributed by atoms with Gasteiger partial charge in [-0.05, 0) is 45.2 Å². The number of carbonyl (C=O) groups excluding carboxylic acids is 2. The van der Waals surface area contributed by atoms with Crippen LogP contribution in [0.25, 0.3) is 0 Å². The van der Waals surface area contributed by atoms with E-state index in [9.17, 15) is 9.59 Å². The van der Waals surface area contributed by atoms with E-state index in [1.165, 1.54) is 18.0 Å². The van der Waals surface area contributed by atoms with E-state index in [2.05, 4.69) is 15.3 Å². The number of thioether (sulfide) groups is 1. The van der Waals surface area contributed by atoms with Gasteiger partial charge in [0, 0.05) is 11.9 Å². The SMILES string of the molecule is CCOC(=O)c1cnc(SC)nc1Nc1ccc2c(c1)C(=O)CC(C)(C)O2. The highest BCUT2D eigenvalue weighted by Gasteiger charge is 2.32. The summed E-state index contributed by atoms with van der Waals surface area (Å²) in [7, 11) is 0. The Morgan fingerprint density at radius 1 is 1.41 bits per heavy atom. The molecule has 8 heteroatoms. The Morgan fingerprint density at radius 3 is 2.89 bits per heavy atom. The third-order valence-electron chi connectivity index (χ3n) is 3.96. The van der Waals surface area contributed by atoms with Gasteiger partial charge in [0.05, 0.1) is 18.6 Å². The van der Waals surface area contributed by atoms with Gasteiger partial charge >= 0.3 is 5.97 Å². The van der Waals surface area contributed by atoms with Gasteiger partial charge in [0.15, 0.2) is 10.9 Å². The number of hydrogen-bond donors (Lipinski definition) is 1. The summed E-state index contributed by atoms with van der Waals surface area (Å²) in [5.41, 5.74) is 0.852. The summed E-state index contributed by atoms with van der Waals surface area (Å²) < 4.78 is 10.9. The number of ketones is 1. The Hall–Kier alpha value is -2.61. The third kappa shape index (κ3) is 4.21. The van der Waals surface area contributed by atoms with Crippen LogP contribution in [-0.4, -0.2) is 40.2 Å². The minimum atomic E-state index is -0.518. The largest absolute Gasteiger partial charge is 0.487 e. The molecule has 2 aromatic rings. The van der Waals surface area contributed by atoms with E-state index in [-0.39, 0.29) is 18.0 Å². The number of carbonyl (C=O) groups is 2. The van der Waals surface area contributed by atoms with Crippen molar-refractivity contribution in [1.29, 1.82) is 0 Å². The number of nitrogens with one attached hydrogen (secondary N) is 1. The van der Waals surface area contributed by atoms with Crippen molar-refractivity contribution in [1.82, 2.24) is 9.97 Å². The molecule has 0 radical (unpaired) electrons. The lowest BCUT2D eigenvalue weighted by Crippen LogP contribution is -2.35. The maximum Gasteiger partial charge on any atom is 0.343 e. The molecule has 27 heavy (non-hydrogen) atoms. The minimum absolute atomic E-state index is 0.0167. The first-order valence-corrected chi connectivity index (χ1v) is 9.77. The molecule has 3 rings (SSSR count). The fraction of sp³-hybridized carbons (Fsp3) is 0.368. The summed E-state index contributed by atoms with van der Waals surface area (Å²) in [6.07, 6.45) is 3.59. The molecule has 0 aliphatic carbocycles. The normalized spacial score (nSPS) is 14.9. The number of esters is 1. The van der Waals surface area contributed by atoms with Gasteiger partial charge in [-0.15, -0.1) is 0 Å². The monoisotopic (exact) mass is 387 g/mol. The molecular formula is C19H21N3O4S. The Labute approximate surface area is 161 Å². The summed E-state index contributed by atoms with van der Waals surface area (Å²) >= 11 is 1.36. The van der Waals surface area contributed by atoms with Crippen molar-refractivity contribution in [3.05, 3.63) is 35.5 Å². The van der Waals surface area contributed by atoms with Crippen molar-refractivity contribution in [2.24, 2.45) is 0 Å². The first-order valence-electron chi connectivity index (χ1n) is 8.54. The van der Waals surface area contributed by atoms with Crippen molar-refractivity contribution in [2.75, 3.05) is 18.2 Å². The Morgan fingerprint density at radius 2 is 2.19 bits per heavy atom. The topological polar surface area (TPSA) is 90.4 Å². The van der Waals surface area contributed by atoms with Crippen molar-refractivity contribution in [3.63, 3.8) is 0 Å². The second kappa shape index (κ2) is 7.56. The number of nitrogens with zero attached hydrogens (tertiary/aromatic N) is 2. The van der Waals surface area contributed by atoms with E-state index in [0.717, 1.165) is 0 Å². The zero-order valence-corrected chi connectivity index (χ0v) is 16.5. The Balaban J connectivity index is 1.95. The third-order valence-corrected chi connectivity index (χ3v) is 4.52. The maximum atomic E-state index is 12.5. The van der Waals surface area contributed by atoms with Gasteiger partial charge in [0.2, 0.25) is 0 Å². The van der Waals surface area contributed by atoms with Gasteiger partial charge in [0.1, 0.15) is 22.7 Å². The number of anilines is 2. The summed E-state index contributed by atoms with van der Waals surface area (Å²) in [5.74, 6) is 0.395. The molecule has 142 valence electrons. The average molecular weight is 387 g/mol. The van der Waals surface area contributed by atoms with E-state index in [1.54, 1.807) is 25.1 Å². The summed E-state index contributed by atoms with van der Waals surface area (Å²) in [5, 5.41) is 3.62. The number of ether oxygens (including phenoxy) is 2. The van der Waals surface area contributed by atoms with Crippen LogP contribution >= 0.6 is 11.8 Å². The number of hydrogen-bond acceptors (Lipinski definition) is 8. The molecule has 0 fully saturated rings. The molecule has 7 nitrogen and oxygen atoms in total. The second-order valence-electron chi connectivity index (χ2n) is 6.64. The average Bonchev–Trinajstić information content (AvgIpc) is 2.61. The van der Waals surface area contributed by atoms with Crippen LogP contribution in [0.15, 0.2) is 29.6 Å². The molecule has 0 saturated carbocycles. The molecule has 0 unspecified atom stereocenters. The van der Waals surface area contributed by atoms with Gasteiger partial charge in [-0.25, -0.2) is 14.8 Å². The van der Waals surface area contributed by atoms with Gasteiger partial charge in [-0.1, -0.05) is 11.8 Å². The van der Waals surface area contributed by atoms with E-state index in [1.807, 2.05) is 20.1 Å². The van der Waals surface area contributed by atoms with Crippen molar-refractivity contribution in [2.45, 2.75) is 37.9 Å².